The van der Waals surface area contributed by atoms with E-state index in [1.165, 1.54) is 21.9 Å². The molecule has 1 N–H and O–H groups in total. The molecule has 0 amide bonds. The largest absolute Gasteiger partial charge is 0.508 e. The zero-order chi connectivity index (χ0) is 44.5. The van der Waals surface area contributed by atoms with Gasteiger partial charge in [0.2, 0.25) is 0 Å². The molecule has 0 aliphatic rings. The molecule has 10 aromatic rings. The van der Waals surface area contributed by atoms with Gasteiger partial charge in [0.25, 0.3) is 0 Å². The molecule has 63 heavy (non-hydrogen) atoms. The summed E-state index contributed by atoms with van der Waals surface area (Å²) in [5.41, 5.74) is 6.86. The van der Waals surface area contributed by atoms with Crippen molar-refractivity contribution in [2.24, 2.45) is 0 Å². The van der Waals surface area contributed by atoms with Gasteiger partial charge in [-0.05, 0) is 119 Å². The number of hydrogen-bond acceptors (Lipinski definition) is 4. The maximum Gasteiger partial charge on any atom is 0.137 e. The molecule has 0 fully saturated rings. The van der Waals surface area contributed by atoms with E-state index in [0.29, 0.717) is 0 Å². The summed E-state index contributed by atoms with van der Waals surface area (Å²) in [5.74, 6) is 3.64. The quantitative estimate of drug-likeness (QED) is 0.191. The number of aromatic hydroxyl groups is 1. The van der Waals surface area contributed by atoms with Gasteiger partial charge in [-0.15, -0.1) is 0 Å². The van der Waals surface area contributed by atoms with Crippen molar-refractivity contribution in [3.63, 3.8) is 0 Å². The number of pyridine rings is 2. The Bertz CT molecular complexity index is 3230. The van der Waals surface area contributed by atoms with Gasteiger partial charge in [0.15, 0.2) is 0 Å². The van der Waals surface area contributed by atoms with Crippen LogP contribution in [0.1, 0.15) is 52.7 Å². The average Bonchev–Trinajstić information content (AvgIpc) is 3.75. The van der Waals surface area contributed by atoms with E-state index in [0.717, 1.165) is 69.4 Å². The minimum absolute atomic E-state index is 0.0470. The van der Waals surface area contributed by atoms with Crippen LogP contribution in [0.25, 0.3) is 55.2 Å². The van der Waals surface area contributed by atoms with E-state index < -0.39 is 0 Å². The summed E-state index contributed by atoms with van der Waals surface area (Å²) in [5, 5.41) is 14.6. The monoisotopic (exact) mass is 1020 g/mol. The third-order valence-corrected chi connectivity index (χ3v) is 12.3. The number of hydrogen-bond donors (Lipinski definition) is 1. The molecule has 10 rings (SSSR count). The Labute approximate surface area is 393 Å². The molecule has 0 bridgehead atoms. The lowest BCUT2D eigenvalue weighted by Crippen LogP contribution is -2.12. The smallest absolute Gasteiger partial charge is 0.137 e. The van der Waals surface area contributed by atoms with Gasteiger partial charge in [-0.1, -0.05) is 138 Å². The highest BCUT2D eigenvalue weighted by atomic mass is 79.9. The molecule has 4 heterocycles. The summed E-state index contributed by atoms with van der Waals surface area (Å²) in [6.45, 7) is 13.3. The zero-order valence-corrected chi connectivity index (χ0v) is 40.7. The number of fused-ring (bicyclic) bond motifs is 6. The highest BCUT2D eigenvalue weighted by Gasteiger charge is 2.20. The van der Waals surface area contributed by atoms with Crippen LogP contribution in [0.5, 0.6) is 17.2 Å². The van der Waals surface area contributed by atoms with Crippen molar-refractivity contribution in [1.29, 1.82) is 0 Å². The number of para-hydroxylation sites is 2. The number of halogens is 3. The first kappa shape index (κ1) is 43.9. The predicted octanol–water partition coefficient (Wildman–Crippen LogP) is 16.4. The fraction of sp³-hybridized carbons (Fsp3) is 0.148. The zero-order valence-electron chi connectivity index (χ0n) is 35.9. The molecule has 0 saturated heterocycles. The SMILES string of the molecule is Brc1cccc(Br)c1.CC(C)(C)c1ccnc(-n2c3ccccc3c3ccc(O)cc32)c1.CC(C)(C)c1ccnc(-n2c3ccccc3c3ccc(Oc4cccc(Br)c4)cc32)c1. The molecule has 0 spiro atoms. The van der Waals surface area contributed by atoms with Gasteiger partial charge >= 0.3 is 0 Å². The van der Waals surface area contributed by atoms with Crippen LogP contribution in [0.4, 0.5) is 0 Å². The third kappa shape index (κ3) is 9.76. The van der Waals surface area contributed by atoms with Crippen LogP contribution in [-0.4, -0.2) is 24.2 Å². The van der Waals surface area contributed by atoms with Crippen molar-refractivity contribution in [3.8, 4) is 28.9 Å². The molecule has 0 radical (unpaired) electrons. The molecular formula is C54H47Br3N4O2. The van der Waals surface area contributed by atoms with Crippen LogP contribution in [0.3, 0.4) is 0 Å². The van der Waals surface area contributed by atoms with Crippen LogP contribution >= 0.6 is 47.8 Å². The molecule has 6 aromatic carbocycles. The van der Waals surface area contributed by atoms with Crippen LogP contribution in [0.2, 0.25) is 0 Å². The molecular weight excluding hydrogens is 976 g/mol. The average molecular weight is 1020 g/mol. The lowest BCUT2D eigenvalue weighted by Gasteiger charge is -2.20. The van der Waals surface area contributed by atoms with Crippen LogP contribution in [0.15, 0.2) is 184 Å². The maximum absolute atomic E-state index is 9.98. The van der Waals surface area contributed by atoms with Crippen molar-refractivity contribution in [3.05, 3.63) is 195 Å². The number of nitrogens with zero attached hydrogens (tertiary/aromatic N) is 4. The molecule has 9 heteroatoms. The number of ether oxygens (including phenoxy) is 1. The first-order chi connectivity index (χ1) is 30.1. The molecule has 0 unspecified atom stereocenters. The summed E-state index contributed by atoms with van der Waals surface area (Å²) in [6.07, 6.45) is 3.76. The third-order valence-electron chi connectivity index (χ3n) is 10.8. The van der Waals surface area contributed by atoms with Crippen molar-refractivity contribution in [2.45, 2.75) is 52.4 Å². The number of phenols is 1. The number of rotatable bonds is 4. The number of benzene rings is 6. The molecule has 4 aromatic heterocycles. The summed E-state index contributed by atoms with van der Waals surface area (Å²) in [6, 6.07) is 52.8. The first-order valence-electron chi connectivity index (χ1n) is 20.7. The Balaban J connectivity index is 0.000000150. The molecule has 6 nitrogen and oxygen atoms in total. The maximum atomic E-state index is 9.98. The van der Waals surface area contributed by atoms with Crippen molar-refractivity contribution in [1.82, 2.24) is 19.1 Å². The molecule has 316 valence electrons. The Morgan fingerprint density at radius 1 is 0.429 bits per heavy atom. The lowest BCUT2D eigenvalue weighted by atomic mass is 9.88. The summed E-state index contributed by atoms with van der Waals surface area (Å²) in [7, 11) is 0. The number of aromatic nitrogens is 4. The van der Waals surface area contributed by atoms with E-state index in [1.54, 1.807) is 12.1 Å². The van der Waals surface area contributed by atoms with Gasteiger partial charge in [0.05, 0.1) is 22.1 Å². The molecule has 0 atom stereocenters. The van der Waals surface area contributed by atoms with Crippen LogP contribution in [-0.2, 0) is 10.8 Å². The standard InChI is InChI=1S/C27H23BrN2O.C21H20N2O.C6H4Br2/c1-27(2,3)18-13-14-29-26(15-18)30-24-10-5-4-9-22(24)23-12-11-21(17-25(23)30)31-20-8-6-7-19(28)16-20;1-21(2,3)14-10-11-22-20(12-14)23-18-7-5-4-6-16(18)17-9-8-15(24)13-19(17)23;7-5-2-1-3-6(8)4-5/h4-17H,1-3H3;4-13,24H,1-3H3;1-4H. The Hall–Kier alpha value is -5.74. The van der Waals surface area contributed by atoms with Crippen molar-refractivity contribution >= 4 is 91.4 Å². The highest BCUT2D eigenvalue weighted by molar-refractivity contribution is 9.11. The second kappa shape index (κ2) is 18.2. The van der Waals surface area contributed by atoms with Gasteiger partial charge in [-0.3, -0.25) is 9.13 Å². The van der Waals surface area contributed by atoms with Gasteiger partial charge in [-0.25, -0.2) is 9.97 Å². The summed E-state index contributed by atoms with van der Waals surface area (Å²) in [4.78, 5) is 9.34. The molecule has 0 aliphatic heterocycles. The fourth-order valence-electron chi connectivity index (χ4n) is 7.61. The van der Waals surface area contributed by atoms with E-state index in [1.807, 2.05) is 85.2 Å². The van der Waals surface area contributed by atoms with Gasteiger partial charge in [0, 0.05) is 59.5 Å². The van der Waals surface area contributed by atoms with Crippen LogP contribution < -0.4 is 4.74 Å². The van der Waals surface area contributed by atoms with Crippen molar-refractivity contribution in [2.75, 3.05) is 0 Å². The number of phenolic OH excluding ortho intramolecular Hbond substituents is 1. The Morgan fingerprint density at radius 2 is 0.873 bits per heavy atom. The van der Waals surface area contributed by atoms with Gasteiger partial charge in [-0.2, -0.15) is 0 Å². The second-order valence-electron chi connectivity index (χ2n) is 17.4. The van der Waals surface area contributed by atoms with Gasteiger partial charge in [0.1, 0.15) is 28.9 Å². The molecule has 0 aliphatic carbocycles. The normalized spacial score (nSPS) is 11.6. The minimum atomic E-state index is 0.0470. The Kier molecular flexibility index (Phi) is 12.7. The highest BCUT2D eigenvalue weighted by Crippen LogP contribution is 2.37. The summed E-state index contributed by atoms with van der Waals surface area (Å²) < 4.78 is 13.7. The van der Waals surface area contributed by atoms with E-state index in [2.05, 4.69) is 176 Å². The van der Waals surface area contributed by atoms with Gasteiger partial charge < -0.3 is 9.84 Å². The van der Waals surface area contributed by atoms with E-state index in [9.17, 15) is 5.11 Å². The lowest BCUT2D eigenvalue weighted by molar-refractivity contribution is 0.476. The van der Waals surface area contributed by atoms with Crippen LogP contribution in [0, 0.1) is 0 Å². The summed E-state index contributed by atoms with van der Waals surface area (Å²) >= 11 is 10.2. The van der Waals surface area contributed by atoms with E-state index in [4.69, 9.17) is 9.72 Å². The Morgan fingerprint density at radius 3 is 1.37 bits per heavy atom. The predicted molar refractivity (Wildman–Crippen MR) is 272 cm³/mol. The first-order valence-corrected chi connectivity index (χ1v) is 23.1. The fourth-order valence-corrected chi connectivity index (χ4v) is 9.09. The minimum Gasteiger partial charge on any atom is -0.508 e. The molecule has 0 saturated carbocycles. The van der Waals surface area contributed by atoms with E-state index >= 15 is 0 Å². The topological polar surface area (TPSA) is 65.1 Å². The van der Waals surface area contributed by atoms with E-state index in [-0.39, 0.29) is 16.6 Å². The van der Waals surface area contributed by atoms with Crippen molar-refractivity contribution < 1.29 is 9.84 Å². The second-order valence-corrected chi connectivity index (χ2v) is 20.1.